The molecule has 0 atom stereocenters. The van der Waals surface area contributed by atoms with Crippen LogP contribution in [0.4, 0.5) is 10.1 Å². The van der Waals surface area contributed by atoms with Crippen molar-refractivity contribution < 1.29 is 18.7 Å². The van der Waals surface area contributed by atoms with Gasteiger partial charge in [-0.05, 0) is 43.3 Å². The summed E-state index contributed by atoms with van der Waals surface area (Å²) in [6.07, 6.45) is 0. The van der Waals surface area contributed by atoms with Crippen LogP contribution in [-0.4, -0.2) is 25.1 Å². The first-order valence-corrected chi connectivity index (χ1v) is 8.60. The zero-order valence-corrected chi connectivity index (χ0v) is 15.3. The van der Waals surface area contributed by atoms with E-state index in [1.807, 2.05) is 0 Å². The van der Waals surface area contributed by atoms with E-state index in [1.54, 1.807) is 44.4 Å². The number of aromatic nitrogens is 1. The second-order valence-electron chi connectivity index (χ2n) is 5.46. The van der Waals surface area contributed by atoms with Gasteiger partial charge in [-0.15, -0.1) is 11.3 Å². The molecule has 0 fully saturated rings. The molecule has 0 radical (unpaired) electrons. The van der Waals surface area contributed by atoms with Crippen LogP contribution in [0.15, 0.2) is 42.5 Å². The van der Waals surface area contributed by atoms with Gasteiger partial charge in [-0.2, -0.15) is 0 Å². The molecule has 0 aliphatic heterocycles. The molecule has 0 bridgehead atoms. The molecule has 3 rings (SSSR count). The van der Waals surface area contributed by atoms with Gasteiger partial charge in [0.15, 0.2) is 0 Å². The third-order valence-electron chi connectivity index (χ3n) is 3.75. The van der Waals surface area contributed by atoms with Crippen LogP contribution in [-0.2, 0) is 0 Å². The van der Waals surface area contributed by atoms with Crippen molar-refractivity contribution in [2.24, 2.45) is 0 Å². The lowest BCUT2D eigenvalue weighted by Crippen LogP contribution is -2.12. The second kappa shape index (κ2) is 7.53. The van der Waals surface area contributed by atoms with Gasteiger partial charge in [0.2, 0.25) is 0 Å². The number of halogens is 1. The molecular formula is C19H17FN2O3S. The topological polar surface area (TPSA) is 60.5 Å². The van der Waals surface area contributed by atoms with Crippen molar-refractivity contribution in [3.8, 4) is 22.1 Å². The first-order valence-electron chi connectivity index (χ1n) is 7.78. The molecule has 0 unspecified atom stereocenters. The number of rotatable bonds is 5. The molecule has 2 aromatic carbocycles. The zero-order chi connectivity index (χ0) is 18.7. The number of nitrogens with zero attached hydrogens (tertiary/aromatic N) is 1. The summed E-state index contributed by atoms with van der Waals surface area (Å²) in [7, 11) is 3.08. The summed E-state index contributed by atoms with van der Waals surface area (Å²) in [4.78, 5) is 17.6. The second-order valence-corrected chi connectivity index (χ2v) is 6.46. The monoisotopic (exact) mass is 372 g/mol. The number of carbonyl (C=O) groups is 1. The molecule has 1 amide bonds. The smallest absolute Gasteiger partial charge is 0.267 e. The summed E-state index contributed by atoms with van der Waals surface area (Å²) in [5, 5.41) is 3.49. The molecule has 1 N–H and O–H groups in total. The maximum atomic E-state index is 13.1. The van der Waals surface area contributed by atoms with Crippen molar-refractivity contribution in [3.05, 3.63) is 58.9 Å². The van der Waals surface area contributed by atoms with E-state index in [-0.39, 0.29) is 11.7 Å². The fraction of sp³-hybridized carbons (Fsp3) is 0.158. The number of anilines is 1. The third-order valence-corrected chi connectivity index (χ3v) is 4.95. The first kappa shape index (κ1) is 17.9. The summed E-state index contributed by atoms with van der Waals surface area (Å²) < 4.78 is 23.6. The predicted octanol–water partition coefficient (Wildman–Crippen LogP) is 4.53. The molecular weight excluding hydrogens is 355 g/mol. The van der Waals surface area contributed by atoms with Gasteiger partial charge >= 0.3 is 0 Å². The van der Waals surface area contributed by atoms with Crippen LogP contribution in [0.3, 0.4) is 0 Å². The Labute approximate surface area is 154 Å². The number of carbonyl (C=O) groups excluding carboxylic acids is 1. The molecule has 0 aliphatic rings. The van der Waals surface area contributed by atoms with Gasteiger partial charge in [0.1, 0.15) is 27.2 Å². The van der Waals surface area contributed by atoms with E-state index < -0.39 is 0 Å². The Hall–Kier alpha value is -2.93. The average Bonchev–Trinajstić information content (AvgIpc) is 3.04. The van der Waals surface area contributed by atoms with E-state index in [9.17, 15) is 9.18 Å². The Bertz CT molecular complexity index is 938. The van der Waals surface area contributed by atoms with Crippen LogP contribution in [0.1, 0.15) is 15.4 Å². The number of amides is 1. The molecule has 0 aliphatic carbocycles. The van der Waals surface area contributed by atoms with Crippen LogP contribution in [0, 0.1) is 12.7 Å². The third kappa shape index (κ3) is 3.67. The normalized spacial score (nSPS) is 10.5. The van der Waals surface area contributed by atoms with Crippen molar-refractivity contribution in [2.45, 2.75) is 6.92 Å². The fourth-order valence-corrected chi connectivity index (χ4v) is 3.38. The lowest BCUT2D eigenvalue weighted by molar-refractivity contribution is 0.102. The molecule has 0 spiro atoms. The standard InChI is InChI=1S/C19H17FN2O3S/c1-11-17(26-19(21-11)12-4-6-13(20)7-5-12)18(23)22-15-10-14(24-2)8-9-16(15)25-3/h4-10H,1-3H3,(H,22,23). The number of hydrogen-bond acceptors (Lipinski definition) is 5. The Morgan fingerprint density at radius 2 is 1.85 bits per heavy atom. The van der Waals surface area contributed by atoms with Crippen LogP contribution in [0.25, 0.3) is 10.6 Å². The highest BCUT2D eigenvalue weighted by Gasteiger charge is 2.18. The minimum atomic E-state index is -0.315. The molecule has 26 heavy (non-hydrogen) atoms. The van der Waals surface area contributed by atoms with Crippen LogP contribution in [0.5, 0.6) is 11.5 Å². The Kier molecular flexibility index (Phi) is 5.18. The Morgan fingerprint density at radius 1 is 1.12 bits per heavy atom. The summed E-state index contributed by atoms with van der Waals surface area (Å²) in [5.41, 5.74) is 1.87. The van der Waals surface area contributed by atoms with Crippen LogP contribution >= 0.6 is 11.3 Å². The summed E-state index contributed by atoms with van der Waals surface area (Å²) in [6.45, 7) is 1.77. The molecule has 0 saturated carbocycles. The number of hydrogen-bond donors (Lipinski definition) is 1. The minimum Gasteiger partial charge on any atom is -0.497 e. The van der Waals surface area contributed by atoms with Gasteiger partial charge in [-0.25, -0.2) is 9.37 Å². The van der Waals surface area contributed by atoms with E-state index in [4.69, 9.17) is 9.47 Å². The van der Waals surface area contributed by atoms with Crippen molar-refractivity contribution >= 4 is 22.9 Å². The van der Waals surface area contributed by atoms with Gasteiger partial charge < -0.3 is 14.8 Å². The number of methoxy groups -OCH3 is 2. The largest absolute Gasteiger partial charge is 0.497 e. The van der Waals surface area contributed by atoms with Gasteiger partial charge in [-0.3, -0.25) is 4.79 Å². The average molecular weight is 372 g/mol. The number of nitrogens with one attached hydrogen (secondary N) is 1. The number of aryl methyl sites for hydroxylation is 1. The SMILES string of the molecule is COc1ccc(OC)c(NC(=O)c2sc(-c3ccc(F)cc3)nc2C)c1. The Balaban J connectivity index is 1.88. The number of thiazole rings is 1. The Morgan fingerprint density at radius 3 is 2.50 bits per heavy atom. The van der Waals surface area contributed by atoms with E-state index in [1.165, 1.54) is 30.6 Å². The quantitative estimate of drug-likeness (QED) is 0.715. The van der Waals surface area contributed by atoms with Gasteiger partial charge in [0.05, 0.1) is 25.6 Å². The predicted molar refractivity (Wildman–Crippen MR) is 99.7 cm³/mol. The van der Waals surface area contributed by atoms with E-state index in [0.717, 1.165) is 5.56 Å². The highest BCUT2D eigenvalue weighted by molar-refractivity contribution is 7.17. The molecule has 1 aromatic heterocycles. The van der Waals surface area contributed by atoms with Gasteiger partial charge in [-0.1, -0.05) is 0 Å². The molecule has 0 saturated heterocycles. The summed E-state index contributed by atoms with van der Waals surface area (Å²) in [5.74, 6) is 0.527. The minimum absolute atomic E-state index is 0.292. The highest BCUT2D eigenvalue weighted by atomic mass is 32.1. The van der Waals surface area contributed by atoms with Crippen molar-refractivity contribution in [1.29, 1.82) is 0 Å². The number of benzene rings is 2. The summed E-state index contributed by atoms with van der Waals surface area (Å²) >= 11 is 1.25. The van der Waals surface area contributed by atoms with E-state index in [0.29, 0.717) is 32.8 Å². The molecule has 134 valence electrons. The summed E-state index contributed by atoms with van der Waals surface area (Å²) in [6, 6.07) is 11.2. The molecule has 3 aromatic rings. The molecule has 5 nitrogen and oxygen atoms in total. The fourth-order valence-electron chi connectivity index (χ4n) is 2.41. The van der Waals surface area contributed by atoms with Crippen molar-refractivity contribution in [1.82, 2.24) is 4.98 Å². The van der Waals surface area contributed by atoms with Gasteiger partial charge in [0, 0.05) is 11.6 Å². The maximum Gasteiger partial charge on any atom is 0.267 e. The number of ether oxygens (including phenoxy) is 2. The highest BCUT2D eigenvalue weighted by Crippen LogP contribution is 2.32. The lowest BCUT2D eigenvalue weighted by Gasteiger charge is -2.11. The van der Waals surface area contributed by atoms with Gasteiger partial charge in [0.25, 0.3) is 5.91 Å². The molecule has 1 heterocycles. The van der Waals surface area contributed by atoms with Crippen LogP contribution in [0.2, 0.25) is 0 Å². The zero-order valence-electron chi connectivity index (χ0n) is 14.5. The maximum absolute atomic E-state index is 13.1. The lowest BCUT2D eigenvalue weighted by atomic mass is 10.2. The van der Waals surface area contributed by atoms with E-state index >= 15 is 0 Å². The van der Waals surface area contributed by atoms with Crippen molar-refractivity contribution in [2.75, 3.05) is 19.5 Å². The van der Waals surface area contributed by atoms with Crippen LogP contribution < -0.4 is 14.8 Å². The van der Waals surface area contributed by atoms with E-state index in [2.05, 4.69) is 10.3 Å². The molecule has 7 heteroatoms. The first-order chi connectivity index (χ1) is 12.5. The van der Waals surface area contributed by atoms with Crippen molar-refractivity contribution in [3.63, 3.8) is 0 Å².